The molecule has 1 atom stereocenters. The highest BCUT2D eigenvalue weighted by atomic mass is 16.5. The molecule has 0 aliphatic carbocycles. The lowest BCUT2D eigenvalue weighted by molar-refractivity contribution is -0.149. The molecule has 1 unspecified atom stereocenters. The number of pyridine rings is 1. The maximum Gasteiger partial charge on any atom is 0.249 e. The minimum absolute atomic E-state index is 0.0499. The molecule has 1 saturated heterocycles. The summed E-state index contributed by atoms with van der Waals surface area (Å²) in [4.78, 5) is 18.8. The second kappa shape index (κ2) is 8.97. The number of morpholine rings is 1. The molecule has 2 heterocycles. The van der Waals surface area contributed by atoms with Gasteiger partial charge in [0.25, 0.3) is 0 Å². The molecule has 1 fully saturated rings. The van der Waals surface area contributed by atoms with E-state index in [1.54, 1.807) is 19.5 Å². The summed E-state index contributed by atoms with van der Waals surface area (Å²) in [5.74, 6) is 2.03. The Hall–Kier alpha value is -3.38. The van der Waals surface area contributed by atoms with E-state index in [9.17, 15) is 4.79 Å². The van der Waals surface area contributed by atoms with Crippen LogP contribution in [0.2, 0.25) is 0 Å². The van der Waals surface area contributed by atoms with Crippen molar-refractivity contribution in [2.45, 2.75) is 19.5 Å². The molecule has 1 aliphatic heterocycles. The highest BCUT2D eigenvalue weighted by molar-refractivity contribution is 5.78. The van der Waals surface area contributed by atoms with Gasteiger partial charge in [0.05, 0.1) is 19.8 Å². The number of carbonyl (C=O) groups is 1. The third kappa shape index (κ3) is 4.44. The molecular formula is C24H24N2O4. The number of hydrogen-bond acceptors (Lipinski definition) is 5. The van der Waals surface area contributed by atoms with Crippen LogP contribution in [0.1, 0.15) is 22.7 Å². The number of amides is 1. The van der Waals surface area contributed by atoms with Crippen LogP contribution in [-0.2, 0) is 16.1 Å². The summed E-state index contributed by atoms with van der Waals surface area (Å²) < 4.78 is 16.9. The van der Waals surface area contributed by atoms with Gasteiger partial charge in [0.1, 0.15) is 23.9 Å². The van der Waals surface area contributed by atoms with Gasteiger partial charge in [-0.2, -0.15) is 0 Å². The molecule has 1 amide bonds. The van der Waals surface area contributed by atoms with E-state index >= 15 is 0 Å². The molecule has 154 valence electrons. The van der Waals surface area contributed by atoms with Crippen molar-refractivity contribution in [3.05, 3.63) is 83.7 Å². The Balaban J connectivity index is 1.61. The van der Waals surface area contributed by atoms with Gasteiger partial charge in [0.2, 0.25) is 5.91 Å². The van der Waals surface area contributed by atoms with Crippen LogP contribution in [0.25, 0.3) is 0 Å². The van der Waals surface area contributed by atoms with Crippen LogP contribution in [0, 0.1) is 6.92 Å². The molecule has 1 aliphatic rings. The van der Waals surface area contributed by atoms with Crippen molar-refractivity contribution in [1.29, 1.82) is 0 Å². The average Bonchev–Trinajstić information content (AvgIpc) is 2.78. The second-order valence-electron chi connectivity index (χ2n) is 7.23. The molecule has 30 heavy (non-hydrogen) atoms. The van der Waals surface area contributed by atoms with Crippen molar-refractivity contribution >= 4 is 5.91 Å². The smallest absolute Gasteiger partial charge is 0.249 e. The molecule has 0 saturated carbocycles. The number of nitrogens with zero attached hydrogens (tertiary/aromatic N) is 2. The normalized spacial score (nSPS) is 16.4. The van der Waals surface area contributed by atoms with Gasteiger partial charge in [-0.05, 0) is 42.8 Å². The van der Waals surface area contributed by atoms with Crippen molar-refractivity contribution in [3.63, 3.8) is 0 Å². The molecule has 0 bridgehead atoms. The van der Waals surface area contributed by atoms with Gasteiger partial charge < -0.3 is 19.1 Å². The zero-order chi connectivity index (χ0) is 20.9. The maximum absolute atomic E-state index is 12.7. The lowest BCUT2D eigenvalue weighted by Crippen LogP contribution is -2.43. The molecule has 1 aromatic heterocycles. The summed E-state index contributed by atoms with van der Waals surface area (Å²) >= 11 is 0. The number of hydrogen-bond donors (Lipinski definition) is 0. The Labute approximate surface area is 176 Å². The van der Waals surface area contributed by atoms with Crippen LogP contribution in [0.4, 0.5) is 0 Å². The minimum atomic E-state index is -0.283. The predicted molar refractivity (Wildman–Crippen MR) is 113 cm³/mol. The van der Waals surface area contributed by atoms with E-state index in [4.69, 9.17) is 14.2 Å². The van der Waals surface area contributed by atoms with Crippen molar-refractivity contribution in [2.24, 2.45) is 0 Å². The fraction of sp³-hybridized carbons (Fsp3) is 0.250. The third-order valence-corrected chi connectivity index (χ3v) is 5.13. The van der Waals surface area contributed by atoms with Gasteiger partial charge in [-0.25, -0.2) is 0 Å². The molecule has 3 aromatic rings. The highest BCUT2D eigenvalue weighted by Gasteiger charge is 2.32. The quantitative estimate of drug-likeness (QED) is 0.613. The Morgan fingerprint density at radius 1 is 1.07 bits per heavy atom. The van der Waals surface area contributed by atoms with Gasteiger partial charge >= 0.3 is 0 Å². The summed E-state index contributed by atoms with van der Waals surface area (Å²) in [6.07, 6.45) is 3.42. The monoisotopic (exact) mass is 404 g/mol. The van der Waals surface area contributed by atoms with Crippen LogP contribution in [0.3, 0.4) is 0 Å². The fourth-order valence-electron chi connectivity index (χ4n) is 3.46. The van der Waals surface area contributed by atoms with Crippen molar-refractivity contribution in [1.82, 2.24) is 9.88 Å². The largest absolute Gasteiger partial charge is 0.497 e. The first-order valence-electron chi connectivity index (χ1n) is 9.82. The maximum atomic E-state index is 12.7. The molecule has 0 spiro atoms. The van der Waals surface area contributed by atoms with Gasteiger partial charge in [0.15, 0.2) is 0 Å². The zero-order valence-corrected chi connectivity index (χ0v) is 17.1. The van der Waals surface area contributed by atoms with Crippen molar-refractivity contribution in [3.8, 4) is 17.2 Å². The Morgan fingerprint density at radius 2 is 1.80 bits per heavy atom. The van der Waals surface area contributed by atoms with E-state index in [1.807, 2.05) is 54.3 Å². The van der Waals surface area contributed by atoms with Crippen LogP contribution in [0.5, 0.6) is 17.2 Å². The lowest BCUT2D eigenvalue weighted by atomic mass is 10.0. The predicted octanol–water partition coefficient (Wildman–Crippen LogP) is 4.29. The van der Waals surface area contributed by atoms with Gasteiger partial charge in [-0.1, -0.05) is 29.8 Å². The summed E-state index contributed by atoms with van der Waals surface area (Å²) in [6, 6.07) is 17.1. The first-order chi connectivity index (χ1) is 14.6. The minimum Gasteiger partial charge on any atom is -0.497 e. The topological polar surface area (TPSA) is 60.9 Å². The summed E-state index contributed by atoms with van der Waals surface area (Å²) in [5.41, 5.74) is 3.07. The number of methoxy groups -OCH3 is 1. The third-order valence-electron chi connectivity index (χ3n) is 5.13. The van der Waals surface area contributed by atoms with Crippen LogP contribution < -0.4 is 9.47 Å². The molecule has 6 heteroatoms. The zero-order valence-electron chi connectivity index (χ0n) is 17.1. The van der Waals surface area contributed by atoms with Crippen molar-refractivity contribution in [2.75, 3.05) is 20.3 Å². The van der Waals surface area contributed by atoms with E-state index in [2.05, 4.69) is 17.1 Å². The summed E-state index contributed by atoms with van der Waals surface area (Å²) in [6.45, 7) is 3.02. The number of aryl methyl sites for hydroxylation is 1. The summed E-state index contributed by atoms with van der Waals surface area (Å²) in [7, 11) is 1.62. The molecular weight excluding hydrogens is 380 g/mol. The second-order valence-corrected chi connectivity index (χ2v) is 7.23. The fourth-order valence-corrected chi connectivity index (χ4v) is 3.46. The van der Waals surface area contributed by atoms with Crippen LogP contribution in [-0.4, -0.2) is 36.1 Å². The standard InChI is InChI=1S/C24H24N2O4/c1-17-3-5-18(6-4-17)14-26-22(15-29-16-24(26)27)21-13-25-12-11-23(21)30-20-9-7-19(28-2)8-10-20/h3-13,22H,14-16H2,1-2H3. The van der Waals surface area contributed by atoms with Gasteiger partial charge in [0, 0.05) is 24.5 Å². The van der Waals surface area contributed by atoms with Gasteiger partial charge in [-0.15, -0.1) is 0 Å². The number of rotatable bonds is 6. The SMILES string of the molecule is COc1ccc(Oc2ccncc2C2COCC(=O)N2Cc2ccc(C)cc2)cc1. The number of benzene rings is 2. The van der Waals surface area contributed by atoms with Crippen LogP contribution in [0.15, 0.2) is 67.0 Å². The number of aromatic nitrogens is 1. The Kier molecular flexibility index (Phi) is 5.95. The van der Waals surface area contributed by atoms with Crippen LogP contribution >= 0.6 is 0 Å². The average molecular weight is 404 g/mol. The van der Waals surface area contributed by atoms with E-state index < -0.39 is 0 Å². The molecule has 2 aromatic carbocycles. The van der Waals surface area contributed by atoms with Gasteiger partial charge in [-0.3, -0.25) is 9.78 Å². The number of ether oxygens (including phenoxy) is 3. The van der Waals surface area contributed by atoms with E-state index in [0.29, 0.717) is 24.7 Å². The Bertz CT molecular complexity index is 1000. The summed E-state index contributed by atoms with van der Waals surface area (Å²) in [5, 5.41) is 0. The molecule has 4 rings (SSSR count). The van der Waals surface area contributed by atoms with Crippen molar-refractivity contribution < 1.29 is 19.0 Å². The lowest BCUT2D eigenvalue weighted by Gasteiger charge is -2.36. The molecule has 0 N–H and O–H groups in total. The Morgan fingerprint density at radius 3 is 2.53 bits per heavy atom. The first kappa shape index (κ1) is 19.9. The molecule has 0 radical (unpaired) electrons. The molecule has 6 nitrogen and oxygen atoms in total. The van der Waals surface area contributed by atoms with E-state index in [1.165, 1.54) is 5.56 Å². The number of carbonyl (C=O) groups excluding carboxylic acids is 1. The highest BCUT2D eigenvalue weighted by Crippen LogP contribution is 2.35. The first-order valence-corrected chi connectivity index (χ1v) is 9.82. The van der Waals surface area contributed by atoms with E-state index in [-0.39, 0.29) is 18.6 Å². The van der Waals surface area contributed by atoms with E-state index in [0.717, 1.165) is 16.9 Å².